The van der Waals surface area contributed by atoms with Gasteiger partial charge in [-0.15, -0.1) is 0 Å². The summed E-state index contributed by atoms with van der Waals surface area (Å²) in [6, 6.07) is 17.9. The monoisotopic (exact) mass is 242 g/mol. The first-order valence-electron chi connectivity index (χ1n) is 6.15. The zero-order chi connectivity index (χ0) is 12.8. The molecule has 94 valence electrons. The fourth-order valence-electron chi connectivity index (χ4n) is 1.89. The summed E-state index contributed by atoms with van der Waals surface area (Å²) in [4.78, 5) is 0. The van der Waals surface area contributed by atoms with Crippen LogP contribution in [0.4, 0.5) is 0 Å². The summed E-state index contributed by atoms with van der Waals surface area (Å²) in [5.41, 5.74) is 2.22. The highest BCUT2D eigenvalue weighted by Crippen LogP contribution is 2.20. The van der Waals surface area contributed by atoms with Crippen molar-refractivity contribution in [3.63, 3.8) is 0 Å². The maximum Gasteiger partial charge on any atom is 0.122 e. The van der Waals surface area contributed by atoms with Gasteiger partial charge in [-0.2, -0.15) is 0 Å². The predicted molar refractivity (Wildman–Crippen MR) is 72.9 cm³/mol. The summed E-state index contributed by atoms with van der Waals surface area (Å²) >= 11 is 0. The van der Waals surface area contributed by atoms with E-state index in [1.807, 2.05) is 61.5 Å². The summed E-state index contributed by atoms with van der Waals surface area (Å²) < 4.78 is 5.78. The molecule has 0 aliphatic rings. The fourth-order valence-corrected chi connectivity index (χ4v) is 1.89. The van der Waals surface area contributed by atoms with Crippen molar-refractivity contribution in [1.82, 2.24) is 0 Å². The molecule has 0 aliphatic carbocycles. The average Bonchev–Trinajstić information content (AvgIpc) is 2.42. The van der Waals surface area contributed by atoms with Gasteiger partial charge >= 0.3 is 0 Å². The van der Waals surface area contributed by atoms with Crippen LogP contribution in [0, 0.1) is 6.92 Å². The molecule has 0 amide bonds. The van der Waals surface area contributed by atoms with Crippen molar-refractivity contribution in [2.45, 2.75) is 12.8 Å². The predicted octanol–water partition coefficient (Wildman–Crippen LogP) is 3.15. The van der Waals surface area contributed by atoms with Gasteiger partial charge in [-0.25, -0.2) is 0 Å². The molecule has 2 aromatic carbocycles. The van der Waals surface area contributed by atoms with Crippen LogP contribution in [0.1, 0.15) is 17.0 Å². The fraction of sp³-hybridized carbons (Fsp3) is 0.250. The SMILES string of the molecule is Cc1ccccc1OCC(CO)c1ccccc1. The molecule has 2 heteroatoms. The molecule has 0 heterocycles. The van der Waals surface area contributed by atoms with Crippen molar-refractivity contribution in [3.05, 3.63) is 65.7 Å². The van der Waals surface area contributed by atoms with Gasteiger partial charge in [0.25, 0.3) is 0 Å². The Labute approximate surface area is 108 Å². The lowest BCUT2D eigenvalue weighted by Crippen LogP contribution is -2.14. The maximum atomic E-state index is 9.45. The summed E-state index contributed by atoms with van der Waals surface area (Å²) in [6.07, 6.45) is 0. The van der Waals surface area contributed by atoms with Crippen LogP contribution in [-0.4, -0.2) is 18.3 Å². The van der Waals surface area contributed by atoms with Crippen LogP contribution in [-0.2, 0) is 0 Å². The molecule has 1 atom stereocenters. The molecular weight excluding hydrogens is 224 g/mol. The number of aryl methyl sites for hydroxylation is 1. The minimum absolute atomic E-state index is 0.0193. The molecule has 18 heavy (non-hydrogen) atoms. The van der Waals surface area contributed by atoms with Gasteiger partial charge in [-0.3, -0.25) is 0 Å². The number of ether oxygens (including phenoxy) is 1. The lowest BCUT2D eigenvalue weighted by Gasteiger charge is -2.16. The van der Waals surface area contributed by atoms with Crippen LogP contribution in [0.2, 0.25) is 0 Å². The number of hydrogen-bond donors (Lipinski definition) is 1. The molecule has 1 unspecified atom stereocenters. The Morgan fingerprint density at radius 2 is 1.67 bits per heavy atom. The zero-order valence-corrected chi connectivity index (χ0v) is 10.5. The molecular formula is C16H18O2. The van der Waals surface area contributed by atoms with E-state index >= 15 is 0 Å². The van der Waals surface area contributed by atoms with Gasteiger partial charge in [0, 0.05) is 5.92 Å². The number of hydrogen-bond acceptors (Lipinski definition) is 2. The molecule has 0 aliphatic heterocycles. The Bertz CT molecular complexity index is 479. The number of benzene rings is 2. The lowest BCUT2D eigenvalue weighted by atomic mass is 10.0. The van der Waals surface area contributed by atoms with Crippen molar-refractivity contribution < 1.29 is 9.84 Å². The minimum atomic E-state index is 0.0193. The van der Waals surface area contributed by atoms with Crippen LogP contribution in [0.25, 0.3) is 0 Å². The first-order valence-corrected chi connectivity index (χ1v) is 6.15. The maximum absolute atomic E-state index is 9.45. The molecule has 0 bridgehead atoms. The van der Waals surface area contributed by atoms with Gasteiger partial charge < -0.3 is 9.84 Å². The van der Waals surface area contributed by atoms with Gasteiger partial charge in [0.15, 0.2) is 0 Å². The molecule has 0 spiro atoms. The van der Waals surface area contributed by atoms with Crippen LogP contribution in [0.5, 0.6) is 5.75 Å². The van der Waals surface area contributed by atoms with E-state index in [1.165, 1.54) is 0 Å². The second-order valence-corrected chi connectivity index (χ2v) is 4.37. The molecule has 2 aromatic rings. The third-order valence-corrected chi connectivity index (χ3v) is 3.02. The first kappa shape index (κ1) is 12.7. The third-order valence-electron chi connectivity index (χ3n) is 3.02. The highest BCUT2D eigenvalue weighted by molar-refractivity contribution is 5.32. The topological polar surface area (TPSA) is 29.5 Å². The second-order valence-electron chi connectivity index (χ2n) is 4.37. The van der Waals surface area contributed by atoms with Gasteiger partial charge in [-0.1, -0.05) is 48.5 Å². The van der Waals surface area contributed by atoms with Gasteiger partial charge in [0.05, 0.1) is 13.2 Å². The van der Waals surface area contributed by atoms with Crippen LogP contribution >= 0.6 is 0 Å². The van der Waals surface area contributed by atoms with Crippen molar-refractivity contribution in [2.75, 3.05) is 13.2 Å². The normalized spacial score (nSPS) is 12.1. The summed E-state index contributed by atoms with van der Waals surface area (Å²) in [6.45, 7) is 2.60. The van der Waals surface area contributed by atoms with Crippen LogP contribution < -0.4 is 4.74 Å². The van der Waals surface area contributed by atoms with E-state index in [1.54, 1.807) is 0 Å². The largest absolute Gasteiger partial charge is 0.493 e. The van der Waals surface area contributed by atoms with Crippen molar-refractivity contribution in [2.24, 2.45) is 0 Å². The third kappa shape index (κ3) is 3.11. The highest BCUT2D eigenvalue weighted by atomic mass is 16.5. The molecule has 0 aromatic heterocycles. The van der Waals surface area contributed by atoms with E-state index in [0.717, 1.165) is 16.9 Å². The lowest BCUT2D eigenvalue weighted by molar-refractivity contribution is 0.204. The summed E-state index contributed by atoms with van der Waals surface area (Å²) in [5.74, 6) is 0.901. The van der Waals surface area contributed by atoms with Crippen LogP contribution in [0.15, 0.2) is 54.6 Å². The Morgan fingerprint density at radius 3 is 2.33 bits per heavy atom. The van der Waals surface area contributed by atoms with Gasteiger partial charge in [0.2, 0.25) is 0 Å². The van der Waals surface area contributed by atoms with E-state index in [9.17, 15) is 5.11 Å². The molecule has 2 nitrogen and oxygen atoms in total. The Kier molecular flexibility index (Phi) is 4.37. The van der Waals surface area contributed by atoms with Crippen LogP contribution in [0.3, 0.4) is 0 Å². The molecule has 0 saturated carbocycles. The second kappa shape index (κ2) is 6.22. The molecule has 0 radical (unpaired) electrons. The number of aliphatic hydroxyl groups excluding tert-OH is 1. The number of aliphatic hydroxyl groups is 1. The molecule has 1 N–H and O–H groups in total. The van der Waals surface area contributed by atoms with E-state index in [-0.39, 0.29) is 12.5 Å². The molecule has 0 saturated heterocycles. The quantitative estimate of drug-likeness (QED) is 0.872. The number of para-hydroxylation sites is 1. The van der Waals surface area contributed by atoms with E-state index < -0.39 is 0 Å². The smallest absolute Gasteiger partial charge is 0.122 e. The first-order chi connectivity index (χ1) is 8.81. The van der Waals surface area contributed by atoms with Crippen molar-refractivity contribution >= 4 is 0 Å². The van der Waals surface area contributed by atoms with Gasteiger partial charge in [0.1, 0.15) is 5.75 Å². The van der Waals surface area contributed by atoms with Crippen molar-refractivity contribution in [3.8, 4) is 5.75 Å². The Hall–Kier alpha value is -1.80. The highest BCUT2D eigenvalue weighted by Gasteiger charge is 2.11. The minimum Gasteiger partial charge on any atom is -0.493 e. The average molecular weight is 242 g/mol. The van der Waals surface area contributed by atoms with E-state index in [2.05, 4.69) is 0 Å². The van der Waals surface area contributed by atoms with Crippen molar-refractivity contribution in [1.29, 1.82) is 0 Å². The van der Waals surface area contributed by atoms with E-state index in [0.29, 0.717) is 6.61 Å². The Morgan fingerprint density at radius 1 is 1.00 bits per heavy atom. The Balaban J connectivity index is 2.02. The van der Waals surface area contributed by atoms with E-state index in [4.69, 9.17) is 4.74 Å². The van der Waals surface area contributed by atoms with Gasteiger partial charge in [-0.05, 0) is 24.1 Å². The number of rotatable bonds is 5. The summed E-state index contributed by atoms with van der Waals surface area (Å²) in [7, 11) is 0. The standard InChI is InChI=1S/C16H18O2/c1-13-7-5-6-10-16(13)18-12-15(11-17)14-8-3-2-4-9-14/h2-10,15,17H,11-12H2,1H3. The summed E-state index contributed by atoms with van der Waals surface area (Å²) in [5, 5.41) is 9.45. The zero-order valence-electron chi connectivity index (χ0n) is 10.5. The molecule has 2 rings (SSSR count). The molecule has 0 fully saturated rings.